The molecule has 1 aromatic carbocycles. The second kappa shape index (κ2) is 9.07. The van der Waals surface area contributed by atoms with Gasteiger partial charge in [-0.05, 0) is 58.7 Å². The molecule has 0 spiro atoms. The van der Waals surface area contributed by atoms with Crippen LogP contribution in [-0.4, -0.2) is 56.2 Å². The summed E-state index contributed by atoms with van der Waals surface area (Å²) in [4.78, 5) is 28.0. The molecule has 1 aromatic heterocycles. The van der Waals surface area contributed by atoms with E-state index in [1.54, 1.807) is 12.1 Å². The number of anilines is 2. The number of rotatable bonds is 5. The van der Waals surface area contributed by atoms with Gasteiger partial charge in [0.05, 0.1) is 35.1 Å². The molecule has 31 heavy (non-hydrogen) atoms. The van der Waals surface area contributed by atoms with Crippen molar-refractivity contribution in [1.82, 2.24) is 5.32 Å². The van der Waals surface area contributed by atoms with Crippen molar-refractivity contribution >= 4 is 56.3 Å². The molecule has 0 bridgehead atoms. The van der Waals surface area contributed by atoms with Crippen LogP contribution in [-0.2, 0) is 14.3 Å². The average Bonchev–Trinajstić information content (AvgIpc) is 3.03. The number of nitrogens with one attached hydrogen (secondary N) is 3. The Morgan fingerprint density at radius 3 is 2.65 bits per heavy atom. The lowest BCUT2D eigenvalue weighted by molar-refractivity contribution is -0.141. The minimum Gasteiger partial charge on any atom is -0.379 e. The van der Waals surface area contributed by atoms with E-state index >= 15 is 0 Å². The molecule has 2 fully saturated rings. The lowest BCUT2D eigenvalue weighted by atomic mass is 9.95. The van der Waals surface area contributed by atoms with E-state index in [1.165, 1.54) is 11.3 Å². The van der Waals surface area contributed by atoms with Crippen LogP contribution in [0.3, 0.4) is 0 Å². The van der Waals surface area contributed by atoms with Crippen molar-refractivity contribution < 1.29 is 19.1 Å². The minimum atomic E-state index is -1.09. The zero-order valence-corrected chi connectivity index (χ0v) is 19.4. The van der Waals surface area contributed by atoms with Crippen LogP contribution in [0.25, 0.3) is 0 Å². The van der Waals surface area contributed by atoms with Crippen molar-refractivity contribution in [3.8, 4) is 0 Å². The summed E-state index contributed by atoms with van der Waals surface area (Å²) in [5.74, 6) is -0.0979. The van der Waals surface area contributed by atoms with Crippen molar-refractivity contribution in [3.63, 3.8) is 0 Å². The van der Waals surface area contributed by atoms with Gasteiger partial charge < -0.3 is 25.0 Å². The number of amides is 2. The molecule has 2 saturated heterocycles. The Kier molecular flexibility index (Phi) is 6.42. The second-order valence-corrected chi connectivity index (χ2v) is 10.0. The molecule has 10 heteroatoms. The summed E-state index contributed by atoms with van der Waals surface area (Å²) in [5, 5.41) is 14.0. The molecule has 0 saturated carbocycles. The minimum absolute atomic E-state index is 0.124. The Balaban J connectivity index is 1.46. The number of aryl methyl sites for hydroxylation is 1. The van der Waals surface area contributed by atoms with E-state index in [0.29, 0.717) is 42.6 Å². The summed E-state index contributed by atoms with van der Waals surface area (Å²) in [5.41, 5.74) is 1.40. The lowest BCUT2D eigenvalue weighted by Crippen LogP contribution is -2.68. The van der Waals surface area contributed by atoms with Gasteiger partial charge in [0.25, 0.3) is 11.8 Å². The molecule has 3 N–H and O–H groups in total. The molecule has 8 nitrogen and oxygen atoms in total. The summed E-state index contributed by atoms with van der Waals surface area (Å²) in [6.07, 6.45) is 0.570. The number of amidine groups is 1. The number of carbonyl (C=O) groups is 2. The third-order valence-electron chi connectivity index (χ3n) is 5.30. The molecule has 0 radical (unpaired) electrons. The fourth-order valence-corrected chi connectivity index (χ4v) is 4.81. The maximum atomic E-state index is 13.0. The SMILES string of the molecule is Cc1cc(NC(=O)C2(NC(=O)c3ccc(Br)s3)COC2)ccc1N1CCOCCC1=N. The number of hydrogen-bond donors (Lipinski definition) is 3. The maximum absolute atomic E-state index is 13.0. The van der Waals surface area contributed by atoms with Crippen LogP contribution in [0.1, 0.15) is 21.7 Å². The van der Waals surface area contributed by atoms with Gasteiger partial charge in [0, 0.05) is 24.3 Å². The van der Waals surface area contributed by atoms with Gasteiger partial charge in [-0.2, -0.15) is 0 Å². The van der Waals surface area contributed by atoms with Crippen molar-refractivity contribution in [3.05, 3.63) is 44.6 Å². The molecule has 2 aromatic rings. The highest BCUT2D eigenvalue weighted by Gasteiger charge is 2.47. The van der Waals surface area contributed by atoms with E-state index in [4.69, 9.17) is 14.9 Å². The lowest BCUT2D eigenvalue weighted by Gasteiger charge is -2.40. The molecule has 0 atom stereocenters. The van der Waals surface area contributed by atoms with E-state index in [2.05, 4.69) is 26.6 Å². The van der Waals surface area contributed by atoms with Gasteiger partial charge in [0.2, 0.25) is 0 Å². The standard InChI is InChI=1S/C21H23BrN4O4S/c1-13-10-14(2-3-15(13)26-7-9-29-8-6-18(26)23)24-20(28)21(11-30-12-21)25-19(27)16-4-5-17(22)31-16/h2-5,10,23H,6-9,11-12H2,1H3,(H,24,28)(H,25,27). The first-order valence-electron chi connectivity index (χ1n) is 9.88. The van der Waals surface area contributed by atoms with Crippen LogP contribution in [0.4, 0.5) is 11.4 Å². The fraction of sp³-hybridized carbons (Fsp3) is 0.381. The Morgan fingerprint density at radius 2 is 2.00 bits per heavy atom. The number of nitrogens with zero attached hydrogens (tertiary/aromatic N) is 1. The van der Waals surface area contributed by atoms with Gasteiger partial charge in [0.15, 0.2) is 5.54 Å². The molecule has 0 aliphatic carbocycles. The van der Waals surface area contributed by atoms with Gasteiger partial charge in [-0.3, -0.25) is 15.0 Å². The highest BCUT2D eigenvalue weighted by molar-refractivity contribution is 9.11. The highest BCUT2D eigenvalue weighted by Crippen LogP contribution is 2.28. The molecule has 164 valence electrons. The predicted molar refractivity (Wildman–Crippen MR) is 123 cm³/mol. The summed E-state index contributed by atoms with van der Waals surface area (Å²) < 4.78 is 11.6. The van der Waals surface area contributed by atoms with Gasteiger partial charge in [-0.25, -0.2) is 0 Å². The van der Waals surface area contributed by atoms with Crippen molar-refractivity contribution in [1.29, 1.82) is 5.41 Å². The van der Waals surface area contributed by atoms with Crippen LogP contribution in [0, 0.1) is 12.3 Å². The third kappa shape index (κ3) is 4.67. The predicted octanol–water partition coefficient (Wildman–Crippen LogP) is 3.16. The largest absolute Gasteiger partial charge is 0.379 e. The van der Waals surface area contributed by atoms with E-state index in [1.807, 2.05) is 30.0 Å². The topological polar surface area (TPSA) is 104 Å². The van der Waals surface area contributed by atoms with E-state index in [0.717, 1.165) is 15.0 Å². The van der Waals surface area contributed by atoms with Crippen LogP contribution in [0.2, 0.25) is 0 Å². The second-order valence-electron chi connectivity index (χ2n) is 7.55. The average molecular weight is 507 g/mol. The smallest absolute Gasteiger partial charge is 0.262 e. The normalized spacial score (nSPS) is 18.1. The first kappa shape index (κ1) is 21.9. The van der Waals surface area contributed by atoms with Gasteiger partial charge in [-0.1, -0.05) is 0 Å². The molecule has 2 amide bonds. The molecule has 0 unspecified atom stereocenters. The zero-order chi connectivity index (χ0) is 22.0. The molecular weight excluding hydrogens is 484 g/mol. The summed E-state index contributed by atoms with van der Waals surface area (Å²) >= 11 is 4.65. The summed E-state index contributed by atoms with van der Waals surface area (Å²) in [6.45, 7) is 3.95. The Hall–Kier alpha value is -2.27. The highest BCUT2D eigenvalue weighted by atomic mass is 79.9. The van der Waals surface area contributed by atoms with Crippen LogP contribution < -0.4 is 15.5 Å². The molecule has 2 aliphatic rings. The van der Waals surface area contributed by atoms with Gasteiger partial charge in [0.1, 0.15) is 5.84 Å². The monoisotopic (exact) mass is 506 g/mol. The number of thiophene rings is 1. The summed E-state index contributed by atoms with van der Waals surface area (Å²) in [7, 11) is 0. The quantitative estimate of drug-likeness (QED) is 0.577. The van der Waals surface area contributed by atoms with E-state index < -0.39 is 5.54 Å². The van der Waals surface area contributed by atoms with Crippen LogP contribution in [0.15, 0.2) is 34.1 Å². The van der Waals surface area contributed by atoms with Crippen molar-refractivity contribution in [2.75, 3.05) is 43.2 Å². The number of hydrogen-bond acceptors (Lipinski definition) is 6. The number of ether oxygens (including phenoxy) is 2. The Bertz CT molecular complexity index is 1020. The number of carbonyl (C=O) groups excluding carboxylic acids is 2. The van der Waals surface area contributed by atoms with Crippen LogP contribution >= 0.6 is 27.3 Å². The van der Waals surface area contributed by atoms with Crippen LogP contribution in [0.5, 0.6) is 0 Å². The van der Waals surface area contributed by atoms with Crippen molar-refractivity contribution in [2.45, 2.75) is 18.9 Å². The van der Waals surface area contributed by atoms with Gasteiger partial charge in [-0.15, -0.1) is 11.3 Å². The number of benzene rings is 1. The summed E-state index contributed by atoms with van der Waals surface area (Å²) in [6, 6.07) is 9.09. The van der Waals surface area contributed by atoms with Gasteiger partial charge >= 0.3 is 0 Å². The molecular formula is C21H23BrN4O4S. The van der Waals surface area contributed by atoms with E-state index in [9.17, 15) is 9.59 Å². The maximum Gasteiger partial charge on any atom is 0.262 e. The van der Waals surface area contributed by atoms with E-state index in [-0.39, 0.29) is 25.0 Å². The Labute approximate surface area is 192 Å². The zero-order valence-electron chi connectivity index (χ0n) is 17.0. The first-order valence-corrected chi connectivity index (χ1v) is 11.5. The first-order chi connectivity index (χ1) is 14.9. The Morgan fingerprint density at radius 1 is 1.19 bits per heavy atom. The molecule has 2 aliphatic heterocycles. The number of halogens is 1. The van der Waals surface area contributed by atoms with Crippen molar-refractivity contribution in [2.24, 2.45) is 0 Å². The molecule has 4 rings (SSSR count). The molecule has 3 heterocycles. The fourth-order valence-electron chi connectivity index (χ4n) is 3.53. The third-order valence-corrected chi connectivity index (χ3v) is 6.92.